The smallest absolute Gasteiger partial charge is 0.236 e. The van der Waals surface area contributed by atoms with Crippen molar-refractivity contribution >= 4 is 17.2 Å². The van der Waals surface area contributed by atoms with Crippen molar-refractivity contribution in [1.82, 2.24) is 15.2 Å². The van der Waals surface area contributed by atoms with Crippen LogP contribution in [0.25, 0.3) is 0 Å². The molecule has 0 spiro atoms. The van der Waals surface area contributed by atoms with Crippen LogP contribution >= 0.6 is 11.3 Å². The summed E-state index contributed by atoms with van der Waals surface area (Å²) in [5.74, 6) is 1.49. The monoisotopic (exact) mass is 321 g/mol. The van der Waals surface area contributed by atoms with Gasteiger partial charge in [-0.3, -0.25) is 10.1 Å². The highest BCUT2D eigenvalue weighted by atomic mass is 32.1. The van der Waals surface area contributed by atoms with Crippen LogP contribution in [0.4, 0.5) is 0 Å². The number of likely N-dealkylation sites (tertiary alicyclic amines) is 1. The topological polar surface area (TPSA) is 45.2 Å². The van der Waals surface area contributed by atoms with Gasteiger partial charge in [0.25, 0.3) is 0 Å². The minimum absolute atomic E-state index is 0.0587. The fraction of sp³-hybridized carbons (Fsp3) is 0.765. The molecule has 2 atom stereocenters. The Bertz CT molecular complexity index is 486. The zero-order chi connectivity index (χ0) is 15.6. The van der Waals surface area contributed by atoms with E-state index in [0.29, 0.717) is 18.4 Å². The number of rotatable bonds is 4. The van der Waals surface area contributed by atoms with E-state index < -0.39 is 0 Å². The SMILES string of the molecule is C[C@@H]1C[C@@H](C)CN(C(=O)CNC2(c3nccs3)CCCC2)C1. The van der Waals surface area contributed by atoms with Crippen molar-refractivity contribution in [1.29, 1.82) is 0 Å². The summed E-state index contributed by atoms with van der Waals surface area (Å²) in [6, 6.07) is 0. The number of aromatic nitrogens is 1. The number of nitrogens with one attached hydrogen (secondary N) is 1. The van der Waals surface area contributed by atoms with Crippen molar-refractivity contribution < 1.29 is 4.79 Å². The van der Waals surface area contributed by atoms with Gasteiger partial charge in [-0.05, 0) is 31.1 Å². The number of hydrogen-bond donors (Lipinski definition) is 1. The molecule has 1 aromatic heterocycles. The predicted molar refractivity (Wildman–Crippen MR) is 89.8 cm³/mol. The lowest BCUT2D eigenvalue weighted by atomic mass is 9.92. The maximum Gasteiger partial charge on any atom is 0.236 e. The number of thiazole rings is 1. The van der Waals surface area contributed by atoms with Gasteiger partial charge in [-0.1, -0.05) is 26.7 Å². The number of carbonyl (C=O) groups excluding carboxylic acids is 1. The normalized spacial score (nSPS) is 28.0. The van der Waals surface area contributed by atoms with Gasteiger partial charge in [0, 0.05) is 24.7 Å². The van der Waals surface area contributed by atoms with Crippen molar-refractivity contribution in [2.75, 3.05) is 19.6 Å². The Hall–Kier alpha value is -0.940. The van der Waals surface area contributed by atoms with E-state index >= 15 is 0 Å². The Morgan fingerprint density at radius 1 is 1.36 bits per heavy atom. The maximum atomic E-state index is 12.6. The van der Waals surface area contributed by atoms with E-state index in [9.17, 15) is 4.79 Å². The fourth-order valence-electron chi connectivity index (χ4n) is 4.13. The van der Waals surface area contributed by atoms with Crippen LogP contribution in [-0.4, -0.2) is 35.4 Å². The van der Waals surface area contributed by atoms with Crippen molar-refractivity contribution in [3.05, 3.63) is 16.6 Å². The lowest BCUT2D eigenvalue weighted by molar-refractivity contribution is -0.133. The first kappa shape index (κ1) is 15.9. The molecular weight excluding hydrogens is 294 g/mol. The molecule has 5 heteroatoms. The lowest BCUT2D eigenvalue weighted by Gasteiger charge is -2.36. The molecule has 1 amide bonds. The third-order valence-corrected chi connectivity index (χ3v) is 6.08. The second-order valence-electron chi connectivity index (χ2n) is 7.22. The molecule has 0 aromatic carbocycles. The third kappa shape index (κ3) is 3.35. The van der Waals surface area contributed by atoms with Gasteiger partial charge in [0.05, 0.1) is 12.1 Å². The minimum Gasteiger partial charge on any atom is -0.341 e. The molecule has 22 heavy (non-hydrogen) atoms. The average Bonchev–Trinajstić information content (AvgIpc) is 3.15. The second kappa shape index (κ2) is 6.67. The Morgan fingerprint density at radius 2 is 2.05 bits per heavy atom. The Morgan fingerprint density at radius 3 is 2.64 bits per heavy atom. The van der Waals surface area contributed by atoms with Crippen LogP contribution in [0, 0.1) is 11.8 Å². The molecular formula is C17H27N3OS. The molecule has 1 aromatic rings. The summed E-state index contributed by atoms with van der Waals surface area (Å²) in [7, 11) is 0. The summed E-state index contributed by atoms with van der Waals surface area (Å²) in [5, 5.41) is 6.77. The van der Waals surface area contributed by atoms with E-state index in [1.807, 2.05) is 11.6 Å². The van der Waals surface area contributed by atoms with Crippen LogP contribution in [-0.2, 0) is 10.3 Å². The molecule has 0 bridgehead atoms. The largest absolute Gasteiger partial charge is 0.341 e. The summed E-state index contributed by atoms with van der Waals surface area (Å²) in [5.41, 5.74) is -0.0587. The van der Waals surface area contributed by atoms with Gasteiger partial charge >= 0.3 is 0 Å². The first-order chi connectivity index (χ1) is 10.6. The number of hydrogen-bond acceptors (Lipinski definition) is 4. The van der Waals surface area contributed by atoms with E-state index in [1.54, 1.807) is 11.3 Å². The third-order valence-electron chi connectivity index (χ3n) is 5.10. The first-order valence-electron chi connectivity index (χ1n) is 8.52. The molecule has 0 radical (unpaired) electrons. The van der Waals surface area contributed by atoms with E-state index in [-0.39, 0.29) is 11.4 Å². The molecule has 1 N–H and O–H groups in total. The van der Waals surface area contributed by atoms with Gasteiger partial charge in [0.2, 0.25) is 5.91 Å². The molecule has 2 fully saturated rings. The summed E-state index contributed by atoms with van der Waals surface area (Å²) < 4.78 is 0. The fourth-order valence-corrected chi connectivity index (χ4v) is 5.00. The lowest BCUT2D eigenvalue weighted by Crippen LogP contribution is -2.50. The molecule has 1 saturated carbocycles. The van der Waals surface area contributed by atoms with Crippen LogP contribution in [0.5, 0.6) is 0 Å². The van der Waals surface area contributed by atoms with Crippen LogP contribution in [0.3, 0.4) is 0 Å². The average molecular weight is 321 g/mol. The van der Waals surface area contributed by atoms with Gasteiger partial charge in [-0.2, -0.15) is 0 Å². The van der Waals surface area contributed by atoms with Crippen molar-refractivity contribution in [2.24, 2.45) is 11.8 Å². The van der Waals surface area contributed by atoms with E-state index in [4.69, 9.17) is 0 Å². The van der Waals surface area contributed by atoms with Gasteiger partial charge in [-0.15, -0.1) is 11.3 Å². The molecule has 2 aliphatic rings. The quantitative estimate of drug-likeness (QED) is 0.927. The summed E-state index contributed by atoms with van der Waals surface area (Å²) in [6.45, 7) is 6.76. The van der Waals surface area contributed by atoms with Crippen LogP contribution in [0.2, 0.25) is 0 Å². The van der Waals surface area contributed by atoms with Crippen molar-refractivity contribution in [3.8, 4) is 0 Å². The van der Waals surface area contributed by atoms with Gasteiger partial charge in [-0.25, -0.2) is 4.98 Å². The zero-order valence-electron chi connectivity index (χ0n) is 13.7. The summed E-state index contributed by atoms with van der Waals surface area (Å²) in [6.07, 6.45) is 7.75. The van der Waals surface area contributed by atoms with Crippen LogP contribution in [0.1, 0.15) is 51.0 Å². The maximum absolute atomic E-state index is 12.6. The zero-order valence-corrected chi connectivity index (χ0v) is 14.5. The van der Waals surface area contributed by atoms with E-state index in [0.717, 1.165) is 30.9 Å². The molecule has 122 valence electrons. The molecule has 3 rings (SSSR count). The summed E-state index contributed by atoms with van der Waals surface area (Å²) >= 11 is 1.71. The Labute approximate surface area is 137 Å². The van der Waals surface area contributed by atoms with Crippen molar-refractivity contribution in [2.45, 2.75) is 51.5 Å². The number of carbonyl (C=O) groups is 1. The molecule has 1 saturated heterocycles. The van der Waals surface area contributed by atoms with E-state index in [2.05, 4.69) is 29.0 Å². The second-order valence-corrected chi connectivity index (χ2v) is 8.12. The molecule has 1 aliphatic carbocycles. The highest BCUT2D eigenvalue weighted by molar-refractivity contribution is 7.09. The molecule has 0 unspecified atom stereocenters. The van der Waals surface area contributed by atoms with Crippen LogP contribution < -0.4 is 5.32 Å². The standard InChI is InChI=1S/C17H27N3OS/c1-13-9-14(2)12-20(11-13)15(21)10-19-17(5-3-4-6-17)16-18-7-8-22-16/h7-8,13-14,19H,3-6,9-12H2,1-2H3/t13-,14-/m1/s1. The number of amides is 1. The molecule has 2 heterocycles. The minimum atomic E-state index is -0.0587. The van der Waals surface area contributed by atoms with E-state index in [1.165, 1.54) is 19.3 Å². The predicted octanol–water partition coefficient (Wildman–Crippen LogP) is 3.01. The first-order valence-corrected chi connectivity index (χ1v) is 9.40. The molecule has 1 aliphatic heterocycles. The Kier molecular flexibility index (Phi) is 4.83. The van der Waals surface area contributed by atoms with Gasteiger partial charge in [0.15, 0.2) is 0 Å². The highest BCUT2D eigenvalue weighted by Gasteiger charge is 2.38. The van der Waals surface area contributed by atoms with Crippen LogP contribution in [0.15, 0.2) is 11.6 Å². The number of nitrogens with zero attached hydrogens (tertiary/aromatic N) is 2. The van der Waals surface area contributed by atoms with Crippen molar-refractivity contribution in [3.63, 3.8) is 0 Å². The van der Waals surface area contributed by atoms with Gasteiger partial charge in [0.1, 0.15) is 5.01 Å². The molecule has 4 nitrogen and oxygen atoms in total. The highest BCUT2D eigenvalue weighted by Crippen LogP contribution is 2.39. The summed E-state index contributed by atoms with van der Waals surface area (Å²) in [4.78, 5) is 19.2. The number of piperidine rings is 1. The Balaban J connectivity index is 1.62. The van der Waals surface area contributed by atoms with Gasteiger partial charge < -0.3 is 4.90 Å².